The molecule has 0 spiro atoms. The van der Waals surface area contributed by atoms with Crippen LogP contribution in [-0.2, 0) is 4.74 Å². The van der Waals surface area contributed by atoms with Gasteiger partial charge in [0.05, 0.1) is 6.61 Å². The van der Waals surface area contributed by atoms with E-state index in [-0.39, 0.29) is 23.9 Å². The van der Waals surface area contributed by atoms with Crippen LogP contribution in [0.25, 0.3) is 10.9 Å². The van der Waals surface area contributed by atoms with Gasteiger partial charge in [0.1, 0.15) is 17.8 Å². The zero-order chi connectivity index (χ0) is 20.4. The average Bonchev–Trinajstić information content (AvgIpc) is 3.31. The second kappa shape index (κ2) is 7.58. The summed E-state index contributed by atoms with van der Waals surface area (Å²) in [6, 6.07) is 7.96. The molecule has 29 heavy (non-hydrogen) atoms. The Labute approximate surface area is 164 Å². The van der Waals surface area contributed by atoms with Crippen molar-refractivity contribution in [1.29, 1.82) is 0 Å². The Bertz CT molecular complexity index is 1190. The van der Waals surface area contributed by atoms with E-state index >= 15 is 0 Å². The predicted octanol–water partition coefficient (Wildman–Crippen LogP) is 3.84. The SMILES string of the molecule is CCOC(=O)c1cc(Nc2cc(Oc3ccc4[nH]c(C)cc4c3F)ncn2)n[nH]1. The Morgan fingerprint density at radius 3 is 2.90 bits per heavy atom. The Morgan fingerprint density at radius 2 is 2.07 bits per heavy atom. The number of hydrogen-bond acceptors (Lipinski definition) is 7. The highest BCUT2D eigenvalue weighted by atomic mass is 19.1. The van der Waals surface area contributed by atoms with Gasteiger partial charge in [-0.25, -0.2) is 19.2 Å². The number of carbonyl (C=O) groups is 1. The fourth-order valence-corrected chi connectivity index (χ4v) is 2.77. The lowest BCUT2D eigenvalue weighted by atomic mass is 10.2. The van der Waals surface area contributed by atoms with E-state index < -0.39 is 11.8 Å². The summed E-state index contributed by atoms with van der Waals surface area (Å²) in [7, 11) is 0. The number of H-pyrrole nitrogens is 2. The summed E-state index contributed by atoms with van der Waals surface area (Å²) < 4.78 is 25.2. The summed E-state index contributed by atoms with van der Waals surface area (Å²) in [6.45, 7) is 3.83. The molecule has 4 aromatic rings. The highest BCUT2D eigenvalue weighted by Gasteiger charge is 2.14. The van der Waals surface area contributed by atoms with Crippen LogP contribution in [-0.4, -0.2) is 37.7 Å². The normalized spacial score (nSPS) is 10.9. The van der Waals surface area contributed by atoms with Gasteiger partial charge >= 0.3 is 5.97 Å². The van der Waals surface area contributed by atoms with E-state index in [0.29, 0.717) is 22.5 Å². The molecule has 3 N–H and O–H groups in total. The third-order valence-corrected chi connectivity index (χ3v) is 4.02. The van der Waals surface area contributed by atoms with E-state index in [1.807, 2.05) is 6.92 Å². The van der Waals surface area contributed by atoms with E-state index in [9.17, 15) is 9.18 Å². The molecule has 3 aromatic heterocycles. The lowest BCUT2D eigenvalue weighted by Crippen LogP contribution is -2.04. The van der Waals surface area contributed by atoms with Crippen LogP contribution in [0.4, 0.5) is 16.0 Å². The molecule has 148 valence electrons. The highest BCUT2D eigenvalue weighted by Crippen LogP contribution is 2.30. The third-order valence-electron chi connectivity index (χ3n) is 4.02. The van der Waals surface area contributed by atoms with Crippen molar-refractivity contribution in [2.24, 2.45) is 0 Å². The number of halogens is 1. The minimum absolute atomic E-state index is 0.0468. The number of nitrogens with zero attached hydrogens (tertiary/aromatic N) is 3. The second-order valence-electron chi connectivity index (χ2n) is 6.15. The van der Waals surface area contributed by atoms with Crippen molar-refractivity contribution in [3.63, 3.8) is 0 Å². The van der Waals surface area contributed by atoms with Crippen LogP contribution in [0, 0.1) is 12.7 Å². The number of hydrogen-bond donors (Lipinski definition) is 3. The number of rotatable bonds is 6. The summed E-state index contributed by atoms with van der Waals surface area (Å²) in [5.41, 5.74) is 1.75. The van der Waals surface area contributed by atoms with Gasteiger partial charge < -0.3 is 19.8 Å². The molecule has 10 heteroatoms. The van der Waals surface area contributed by atoms with Crippen LogP contribution < -0.4 is 10.1 Å². The van der Waals surface area contributed by atoms with Gasteiger partial charge in [0.25, 0.3) is 0 Å². The molecule has 0 aliphatic rings. The molecule has 0 bridgehead atoms. The van der Waals surface area contributed by atoms with Gasteiger partial charge in [0, 0.05) is 28.7 Å². The Hall–Kier alpha value is -3.95. The molecule has 0 fully saturated rings. The van der Waals surface area contributed by atoms with Crippen molar-refractivity contribution in [2.75, 3.05) is 11.9 Å². The summed E-state index contributed by atoms with van der Waals surface area (Å²) in [4.78, 5) is 22.8. The molecular weight excluding hydrogens is 379 g/mol. The van der Waals surface area contributed by atoms with Gasteiger partial charge in [-0.3, -0.25) is 5.10 Å². The van der Waals surface area contributed by atoms with E-state index in [1.165, 1.54) is 24.5 Å². The fourth-order valence-electron chi connectivity index (χ4n) is 2.77. The van der Waals surface area contributed by atoms with E-state index in [1.54, 1.807) is 19.1 Å². The van der Waals surface area contributed by atoms with Crippen LogP contribution in [0.1, 0.15) is 23.1 Å². The first kappa shape index (κ1) is 18.4. The van der Waals surface area contributed by atoms with Crippen LogP contribution in [0.2, 0.25) is 0 Å². The van der Waals surface area contributed by atoms with Gasteiger partial charge in [0.15, 0.2) is 17.4 Å². The van der Waals surface area contributed by atoms with E-state index in [0.717, 1.165) is 5.69 Å². The standard InChI is InChI=1S/C19H17FN6O3/c1-3-28-19(27)13-7-16(26-25-13)24-15-8-17(22-9-21-15)29-14-5-4-12-11(18(14)20)6-10(2)23-12/h4-9,23H,3H2,1-2H3,(H2,21,22,24,25,26). The zero-order valence-electron chi connectivity index (χ0n) is 15.6. The number of fused-ring (bicyclic) bond motifs is 1. The molecule has 0 unspecified atom stereocenters. The maximum atomic E-state index is 14.7. The van der Waals surface area contributed by atoms with Gasteiger partial charge in [-0.05, 0) is 32.0 Å². The molecule has 3 heterocycles. The summed E-state index contributed by atoms with van der Waals surface area (Å²) in [5, 5.41) is 9.91. The van der Waals surface area contributed by atoms with Gasteiger partial charge in [-0.2, -0.15) is 5.10 Å². The van der Waals surface area contributed by atoms with Gasteiger partial charge in [-0.15, -0.1) is 0 Å². The quantitative estimate of drug-likeness (QED) is 0.424. The first-order chi connectivity index (χ1) is 14.0. The maximum absolute atomic E-state index is 14.7. The maximum Gasteiger partial charge on any atom is 0.356 e. The Kier molecular flexibility index (Phi) is 4.82. The molecule has 0 saturated carbocycles. The lowest BCUT2D eigenvalue weighted by Gasteiger charge is -2.08. The monoisotopic (exact) mass is 396 g/mol. The molecule has 0 atom stereocenters. The number of aryl methyl sites for hydroxylation is 1. The average molecular weight is 396 g/mol. The molecule has 4 rings (SSSR count). The number of nitrogens with one attached hydrogen (secondary N) is 3. The molecular formula is C19H17FN6O3. The predicted molar refractivity (Wildman–Crippen MR) is 103 cm³/mol. The van der Waals surface area contributed by atoms with Crippen LogP contribution in [0.15, 0.2) is 36.7 Å². The number of aromatic amines is 2. The van der Waals surface area contributed by atoms with Crippen LogP contribution >= 0.6 is 0 Å². The molecule has 0 aliphatic carbocycles. The molecule has 0 saturated heterocycles. The van der Waals surface area contributed by atoms with Crippen molar-refractivity contribution in [3.8, 4) is 11.6 Å². The zero-order valence-corrected chi connectivity index (χ0v) is 15.6. The third kappa shape index (κ3) is 3.86. The number of aromatic nitrogens is 5. The number of ether oxygens (including phenoxy) is 2. The molecule has 0 amide bonds. The largest absolute Gasteiger partial charge is 0.461 e. The highest BCUT2D eigenvalue weighted by molar-refractivity contribution is 5.88. The number of anilines is 2. The molecule has 0 aliphatic heterocycles. The van der Waals surface area contributed by atoms with Crippen molar-refractivity contribution >= 4 is 28.5 Å². The minimum Gasteiger partial charge on any atom is -0.461 e. The van der Waals surface area contributed by atoms with E-state index in [2.05, 4.69) is 30.5 Å². The van der Waals surface area contributed by atoms with Crippen molar-refractivity contribution in [2.45, 2.75) is 13.8 Å². The van der Waals surface area contributed by atoms with Crippen molar-refractivity contribution in [3.05, 3.63) is 53.9 Å². The molecule has 9 nitrogen and oxygen atoms in total. The molecule has 1 aromatic carbocycles. The van der Waals surface area contributed by atoms with E-state index in [4.69, 9.17) is 9.47 Å². The first-order valence-corrected chi connectivity index (χ1v) is 8.80. The minimum atomic E-state index is -0.509. The molecule has 0 radical (unpaired) electrons. The van der Waals surface area contributed by atoms with Crippen LogP contribution in [0.5, 0.6) is 11.6 Å². The summed E-state index contributed by atoms with van der Waals surface area (Å²) in [5.74, 6) is -0.0827. The smallest absolute Gasteiger partial charge is 0.356 e. The van der Waals surface area contributed by atoms with Crippen LogP contribution in [0.3, 0.4) is 0 Å². The van der Waals surface area contributed by atoms with Crippen molar-refractivity contribution in [1.82, 2.24) is 25.1 Å². The number of benzene rings is 1. The number of esters is 1. The number of carbonyl (C=O) groups excluding carboxylic acids is 1. The Morgan fingerprint density at radius 1 is 1.21 bits per heavy atom. The van der Waals surface area contributed by atoms with Gasteiger partial charge in [-0.1, -0.05) is 0 Å². The Balaban J connectivity index is 1.52. The van der Waals surface area contributed by atoms with Gasteiger partial charge in [0.2, 0.25) is 5.88 Å². The topological polar surface area (TPSA) is 118 Å². The first-order valence-electron chi connectivity index (χ1n) is 8.80. The second-order valence-corrected chi connectivity index (χ2v) is 6.15. The summed E-state index contributed by atoms with van der Waals surface area (Å²) in [6.07, 6.45) is 1.27. The summed E-state index contributed by atoms with van der Waals surface area (Å²) >= 11 is 0. The fraction of sp³-hybridized carbons (Fsp3) is 0.158. The van der Waals surface area contributed by atoms with Crippen molar-refractivity contribution < 1.29 is 18.7 Å². The lowest BCUT2D eigenvalue weighted by molar-refractivity contribution is 0.0519.